The van der Waals surface area contributed by atoms with Crippen molar-refractivity contribution < 1.29 is 4.74 Å². The molecule has 1 heterocycles. The maximum Gasteiger partial charge on any atom is 0.0685 e. The minimum absolute atomic E-state index is 0.246. The van der Waals surface area contributed by atoms with Gasteiger partial charge in [-0.05, 0) is 44.3 Å². The molecule has 0 aromatic rings. The fourth-order valence-electron chi connectivity index (χ4n) is 2.83. The number of nitrogens with one attached hydrogen (secondary N) is 1. The highest BCUT2D eigenvalue weighted by molar-refractivity contribution is 7.98. The molecule has 1 aliphatic heterocycles. The molecule has 1 saturated heterocycles. The third-order valence-corrected chi connectivity index (χ3v) is 4.62. The van der Waals surface area contributed by atoms with Crippen LogP contribution in [0.1, 0.15) is 32.1 Å². The van der Waals surface area contributed by atoms with Crippen molar-refractivity contribution in [2.45, 2.75) is 43.7 Å². The standard InChI is InChI=1S/C11H22N2OS/c1-15-8-10(13-12)9-3-6-14-11(7-9)4-2-5-11/h9-10,13H,2-8,12H2,1H3. The van der Waals surface area contributed by atoms with Crippen LogP contribution >= 0.6 is 11.8 Å². The van der Waals surface area contributed by atoms with Gasteiger partial charge in [-0.25, -0.2) is 0 Å². The van der Waals surface area contributed by atoms with Gasteiger partial charge in [0, 0.05) is 18.4 Å². The van der Waals surface area contributed by atoms with Gasteiger partial charge in [-0.15, -0.1) is 0 Å². The highest BCUT2D eigenvalue weighted by atomic mass is 32.2. The number of nitrogens with two attached hydrogens (primary N) is 1. The van der Waals surface area contributed by atoms with E-state index in [1.807, 2.05) is 11.8 Å². The van der Waals surface area contributed by atoms with E-state index in [-0.39, 0.29) is 5.60 Å². The molecule has 0 amide bonds. The topological polar surface area (TPSA) is 47.3 Å². The summed E-state index contributed by atoms with van der Waals surface area (Å²) in [5, 5.41) is 0. The van der Waals surface area contributed by atoms with Gasteiger partial charge in [0.2, 0.25) is 0 Å². The summed E-state index contributed by atoms with van der Waals surface area (Å²) in [6.45, 7) is 0.928. The van der Waals surface area contributed by atoms with E-state index in [0.717, 1.165) is 18.8 Å². The molecule has 2 aliphatic rings. The Hall–Kier alpha value is 0.230. The predicted octanol–water partition coefficient (Wildman–Crippen LogP) is 1.53. The largest absolute Gasteiger partial charge is 0.375 e. The van der Waals surface area contributed by atoms with Crippen LogP contribution in [0.4, 0.5) is 0 Å². The SMILES string of the molecule is CSCC(NN)C1CCOC2(CCC2)C1. The zero-order chi connectivity index (χ0) is 10.7. The first-order valence-electron chi connectivity index (χ1n) is 5.89. The molecular formula is C11H22N2OS. The van der Waals surface area contributed by atoms with Crippen molar-refractivity contribution in [1.82, 2.24) is 5.43 Å². The Kier molecular flexibility index (Phi) is 3.93. The summed E-state index contributed by atoms with van der Waals surface area (Å²) >= 11 is 1.87. The van der Waals surface area contributed by atoms with Crippen LogP contribution in [0.15, 0.2) is 0 Å². The van der Waals surface area contributed by atoms with Crippen molar-refractivity contribution in [3.8, 4) is 0 Å². The average Bonchev–Trinajstić information content (AvgIpc) is 2.24. The van der Waals surface area contributed by atoms with Gasteiger partial charge in [0.1, 0.15) is 0 Å². The summed E-state index contributed by atoms with van der Waals surface area (Å²) in [5.74, 6) is 7.45. The third-order valence-electron chi connectivity index (χ3n) is 3.93. The number of hydrogen-bond donors (Lipinski definition) is 2. The Morgan fingerprint density at radius 1 is 1.60 bits per heavy atom. The fraction of sp³-hybridized carbons (Fsp3) is 1.00. The Bertz CT molecular complexity index is 209. The lowest BCUT2D eigenvalue weighted by atomic mass is 9.70. The molecule has 3 N–H and O–H groups in total. The lowest BCUT2D eigenvalue weighted by molar-refractivity contribution is -0.146. The van der Waals surface area contributed by atoms with Gasteiger partial charge in [0.05, 0.1) is 5.60 Å². The number of hydrogen-bond acceptors (Lipinski definition) is 4. The molecule has 1 spiro atoms. The third kappa shape index (κ3) is 2.49. The highest BCUT2D eigenvalue weighted by Crippen LogP contribution is 2.45. The number of thioether (sulfide) groups is 1. The lowest BCUT2D eigenvalue weighted by Crippen LogP contribution is -2.52. The Morgan fingerprint density at radius 3 is 2.93 bits per heavy atom. The Balaban J connectivity index is 1.90. The quantitative estimate of drug-likeness (QED) is 0.568. The van der Waals surface area contributed by atoms with Crippen molar-refractivity contribution in [1.29, 1.82) is 0 Å². The molecule has 2 unspecified atom stereocenters. The van der Waals surface area contributed by atoms with Gasteiger partial charge in [-0.3, -0.25) is 11.3 Å². The minimum Gasteiger partial charge on any atom is -0.375 e. The second kappa shape index (κ2) is 5.04. The molecule has 0 bridgehead atoms. The first kappa shape index (κ1) is 11.7. The zero-order valence-electron chi connectivity index (χ0n) is 9.50. The first-order chi connectivity index (χ1) is 7.29. The van der Waals surface area contributed by atoms with Crippen molar-refractivity contribution in [3.05, 3.63) is 0 Å². The lowest BCUT2D eigenvalue weighted by Gasteiger charge is -2.48. The van der Waals surface area contributed by atoms with E-state index in [9.17, 15) is 0 Å². The monoisotopic (exact) mass is 230 g/mol. The van der Waals surface area contributed by atoms with Gasteiger partial charge < -0.3 is 4.74 Å². The molecule has 3 nitrogen and oxygen atoms in total. The molecule has 0 aromatic heterocycles. The second-order valence-electron chi connectivity index (χ2n) is 4.87. The summed E-state index contributed by atoms with van der Waals surface area (Å²) < 4.78 is 5.93. The molecule has 2 rings (SSSR count). The van der Waals surface area contributed by atoms with Crippen LogP contribution in [0.2, 0.25) is 0 Å². The van der Waals surface area contributed by atoms with Gasteiger partial charge in [-0.1, -0.05) is 0 Å². The van der Waals surface area contributed by atoms with Crippen molar-refractivity contribution in [2.75, 3.05) is 18.6 Å². The Morgan fingerprint density at radius 2 is 2.40 bits per heavy atom. The Labute approximate surface area is 96.5 Å². The summed E-state index contributed by atoms with van der Waals surface area (Å²) in [4.78, 5) is 0. The van der Waals surface area contributed by atoms with Crippen molar-refractivity contribution >= 4 is 11.8 Å². The summed E-state index contributed by atoms with van der Waals surface area (Å²) in [6, 6.07) is 0.460. The van der Waals surface area contributed by atoms with Crippen LogP contribution in [-0.2, 0) is 4.74 Å². The molecular weight excluding hydrogens is 208 g/mol. The molecule has 0 radical (unpaired) electrons. The predicted molar refractivity (Wildman–Crippen MR) is 64.8 cm³/mol. The maximum absolute atomic E-state index is 5.93. The molecule has 1 aliphatic carbocycles. The molecule has 2 fully saturated rings. The second-order valence-corrected chi connectivity index (χ2v) is 5.78. The van der Waals surface area contributed by atoms with Crippen LogP contribution in [0.25, 0.3) is 0 Å². The molecule has 2 atom stereocenters. The van der Waals surface area contributed by atoms with Crippen LogP contribution < -0.4 is 11.3 Å². The highest BCUT2D eigenvalue weighted by Gasteiger charge is 2.43. The molecule has 1 saturated carbocycles. The minimum atomic E-state index is 0.246. The van der Waals surface area contributed by atoms with E-state index >= 15 is 0 Å². The van der Waals surface area contributed by atoms with E-state index in [2.05, 4.69) is 11.7 Å². The van der Waals surface area contributed by atoms with Crippen molar-refractivity contribution in [3.63, 3.8) is 0 Å². The number of hydrazine groups is 1. The van der Waals surface area contributed by atoms with E-state index in [4.69, 9.17) is 10.6 Å². The van der Waals surface area contributed by atoms with Crippen LogP contribution in [0, 0.1) is 5.92 Å². The normalized spacial score (nSPS) is 31.2. The van der Waals surface area contributed by atoms with Crippen LogP contribution in [0.5, 0.6) is 0 Å². The van der Waals surface area contributed by atoms with Crippen LogP contribution in [-0.4, -0.2) is 30.3 Å². The van der Waals surface area contributed by atoms with Gasteiger partial charge in [0.25, 0.3) is 0 Å². The molecule has 0 aromatic carbocycles. The van der Waals surface area contributed by atoms with E-state index in [0.29, 0.717) is 12.0 Å². The summed E-state index contributed by atoms with van der Waals surface area (Å²) in [6.07, 6.45) is 8.39. The van der Waals surface area contributed by atoms with E-state index < -0.39 is 0 Å². The first-order valence-corrected chi connectivity index (χ1v) is 7.28. The number of rotatable bonds is 4. The van der Waals surface area contributed by atoms with Gasteiger partial charge in [0.15, 0.2) is 0 Å². The van der Waals surface area contributed by atoms with Crippen molar-refractivity contribution in [2.24, 2.45) is 11.8 Å². The number of ether oxygens (including phenoxy) is 1. The van der Waals surface area contributed by atoms with Gasteiger partial charge in [-0.2, -0.15) is 11.8 Å². The average molecular weight is 230 g/mol. The van der Waals surface area contributed by atoms with Crippen LogP contribution in [0.3, 0.4) is 0 Å². The molecule has 88 valence electrons. The molecule has 15 heavy (non-hydrogen) atoms. The summed E-state index contributed by atoms with van der Waals surface area (Å²) in [5.41, 5.74) is 3.23. The maximum atomic E-state index is 5.93. The fourth-order valence-corrected chi connectivity index (χ4v) is 3.56. The van der Waals surface area contributed by atoms with E-state index in [1.54, 1.807) is 0 Å². The zero-order valence-corrected chi connectivity index (χ0v) is 10.3. The smallest absolute Gasteiger partial charge is 0.0685 e. The van der Waals surface area contributed by atoms with E-state index in [1.165, 1.54) is 25.7 Å². The van der Waals surface area contributed by atoms with Gasteiger partial charge >= 0.3 is 0 Å². The molecule has 4 heteroatoms. The summed E-state index contributed by atoms with van der Waals surface area (Å²) in [7, 11) is 0.